The van der Waals surface area contributed by atoms with Crippen molar-refractivity contribution >= 4 is 27.3 Å². The van der Waals surface area contributed by atoms with Crippen LogP contribution in [0.2, 0.25) is 0 Å². The van der Waals surface area contributed by atoms with Crippen LogP contribution in [0.1, 0.15) is 18.4 Å². The van der Waals surface area contributed by atoms with E-state index < -0.39 is 0 Å². The molecule has 0 radical (unpaired) electrons. The van der Waals surface area contributed by atoms with Gasteiger partial charge >= 0.3 is 0 Å². The first-order chi connectivity index (χ1) is 8.79. The summed E-state index contributed by atoms with van der Waals surface area (Å²) in [5.74, 6) is 0.752. The van der Waals surface area contributed by atoms with Crippen LogP contribution < -0.4 is 10.1 Å². The molecular weight excluding hydrogens is 314 g/mol. The molecule has 0 amide bonds. The molecular formula is C12H14BrN3OS. The Bertz CT molecular complexity index is 504. The van der Waals surface area contributed by atoms with Crippen LogP contribution in [0.25, 0.3) is 0 Å². The number of halogens is 1. The zero-order valence-corrected chi connectivity index (χ0v) is 12.4. The van der Waals surface area contributed by atoms with Gasteiger partial charge in [-0.3, -0.25) is 0 Å². The second-order valence-corrected chi connectivity index (χ2v) is 5.55. The Hall–Kier alpha value is -0.980. The first kappa shape index (κ1) is 13.5. The molecule has 0 aliphatic rings. The van der Waals surface area contributed by atoms with Crippen LogP contribution in [-0.2, 0) is 6.54 Å². The predicted molar refractivity (Wildman–Crippen MR) is 76.1 cm³/mol. The number of benzene rings is 1. The summed E-state index contributed by atoms with van der Waals surface area (Å²) in [5.41, 5.74) is 0. The summed E-state index contributed by atoms with van der Waals surface area (Å²) in [6.07, 6.45) is 1.11. The van der Waals surface area contributed by atoms with E-state index in [1.54, 1.807) is 0 Å². The number of nitrogens with zero attached hydrogens (tertiary/aromatic N) is 2. The monoisotopic (exact) mass is 327 g/mol. The molecule has 0 aliphatic carbocycles. The van der Waals surface area contributed by atoms with E-state index >= 15 is 0 Å². The van der Waals surface area contributed by atoms with E-state index in [0.717, 1.165) is 34.7 Å². The molecule has 2 aromatic rings. The fraction of sp³-hybridized carbons (Fsp3) is 0.333. The second-order valence-electron chi connectivity index (χ2n) is 3.67. The maximum Gasteiger partial charge on any atom is 0.299 e. The Labute approximate surface area is 119 Å². The molecule has 0 spiro atoms. The lowest BCUT2D eigenvalue weighted by Crippen LogP contribution is -2.13. The number of para-hydroxylation sites is 1. The van der Waals surface area contributed by atoms with Crippen LogP contribution >= 0.6 is 27.3 Å². The normalized spacial score (nSPS) is 10.6. The van der Waals surface area contributed by atoms with Gasteiger partial charge in [0.25, 0.3) is 5.19 Å². The summed E-state index contributed by atoms with van der Waals surface area (Å²) >= 11 is 4.89. The third-order valence-electron chi connectivity index (χ3n) is 2.19. The Morgan fingerprint density at radius 1 is 1.33 bits per heavy atom. The smallest absolute Gasteiger partial charge is 0.299 e. The van der Waals surface area contributed by atoms with E-state index in [2.05, 4.69) is 38.4 Å². The number of nitrogens with one attached hydrogen (secondary N) is 1. The van der Waals surface area contributed by atoms with Gasteiger partial charge in [-0.2, -0.15) is 0 Å². The third-order valence-corrected chi connectivity index (χ3v) is 3.64. The van der Waals surface area contributed by atoms with Crippen LogP contribution in [0, 0.1) is 0 Å². The lowest BCUT2D eigenvalue weighted by molar-refractivity contribution is 0.470. The van der Waals surface area contributed by atoms with Crippen LogP contribution in [0.15, 0.2) is 28.7 Å². The lowest BCUT2D eigenvalue weighted by atomic mass is 10.3. The van der Waals surface area contributed by atoms with E-state index in [9.17, 15) is 0 Å². The zero-order chi connectivity index (χ0) is 12.8. The van der Waals surface area contributed by atoms with Gasteiger partial charge in [-0.25, -0.2) is 0 Å². The highest BCUT2D eigenvalue weighted by molar-refractivity contribution is 9.10. The molecule has 1 heterocycles. The molecule has 0 fully saturated rings. The van der Waals surface area contributed by atoms with E-state index in [4.69, 9.17) is 4.74 Å². The SMILES string of the molecule is CCCNCc1nnc(Oc2ccccc2Br)s1. The van der Waals surface area contributed by atoms with Crippen LogP contribution in [0.5, 0.6) is 10.9 Å². The summed E-state index contributed by atoms with van der Waals surface area (Å²) in [5, 5.41) is 12.9. The van der Waals surface area contributed by atoms with Crippen LogP contribution in [-0.4, -0.2) is 16.7 Å². The van der Waals surface area contributed by atoms with Gasteiger partial charge in [0.15, 0.2) is 0 Å². The molecule has 2 rings (SSSR count). The van der Waals surface area contributed by atoms with Gasteiger partial charge in [-0.15, -0.1) is 5.10 Å². The third kappa shape index (κ3) is 3.76. The second kappa shape index (κ2) is 6.82. The topological polar surface area (TPSA) is 47.0 Å². The van der Waals surface area contributed by atoms with E-state index in [1.165, 1.54) is 11.3 Å². The molecule has 1 N–H and O–H groups in total. The number of ether oxygens (including phenoxy) is 1. The highest BCUT2D eigenvalue weighted by Crippen LogP contribution is 2.30. The lowest BCUT2D eigenvalue weighted by Gasteiger charge is -2.02. The molecule has 1 aromatic carbocycles. The quantitative estimate of drug-likeness (QED) is 0.823. The molecule has 96 valence electrons. The molecule has 0 saturated carbocycles. The number of hydrogen-bond donors (Lipinski definition) is 1. The maximum atomic E-state index is 5.67. The van der Waals surface area contributed by atoms with Crippen molar-refractivity contribution in [3.63, 3.8) is 0 Å². The maximum absolute atomic E-state index is 5.67. The minimum atomic E-state index is 0.565. The van der Waals surface area contributed by atoms with Gasteiger partial charge in [0.05, 0.1) is 4.47 Å². The van der Waals surface area contributed by atoms with Gasteiger partial charge in [0.2, 0.25) is 0 Å². The van der Waals surface area contributed by atoms with Crippen molar-refractivity contribution < 1.29 is 4.74 Å². The molecule has 0 unspecified atom stereocenters. The molecule has 6 heteroatoms. The van der Waals surface area contributed by atoms with Crippen molar-refractivity contribution in [1.82, 2.24) is 15.5 Å². The predicted octanol–water partition coefficient (Wildman–Crippen LogP) is 3.59. The molecule has 0 bridgehead atoms. The van der Waals surface area contributed by atoms with Crippen LogP contribution in [0.4, 0.5) is 0 Å². The number of rotatable bonds is 6. The average Bonchev–Trinajstić information content (AvgIpc) is 2.80. The number of hydrogen-bond acceptors (Lipinski definition) is 5. The summed E-state index contributed by atoms with van der Waals surface area (Å²) in [7, 11) is 0. The molecule has 18 heavy (non-hydrogen) atoms. The van der Waals surface area contributed by atoms with Crippen molar-refractivity contribution in [1.29, 1.82) is 0 Å². The Kier molecular flexibility index (Phi) is 5.10. The molecule has 4 nitrogen and oxygen atoms in total. The van der Waals surface area contributed by atoms with Gasteiger partial charge in [-0.05, 0) is 41.0 Å². The van der Waals surface area contributed by atoms with Crippen molar-refractivity contribution in [3.8, 4) is 10.9 Å². The first-order valence-electron chi connectivity index (χ1n) is 5.75. The summed E-state index contributed by atoms with van der Waals surface area (Å²) in [6, 6.07) is 7.68. The van der Waals surface area contributed by atoms with E-state index in [-0.39, 0.29) is 0 Å². The minimum absolute atomic E-state index is 0.565. The highest BCUT2D eigenvalue weighted by Gasteiger charge is 2.07. The zero-order valence-electron chi connectivity index (χ0n) is 10.0. The highest BCUT2D eigenvalue weighted by atomic mass is 79.9. The van der Waals surface area contributed by atoms with Crippen molar-refractivity contribution in [2.75, 3.05) is 6.54 Å². The van der Waals surface area contributed by atoms with Gasteiger partial charge in [0, 0.05) is 6.54 Å². The van der Waals surface area contributed by atoms with E-state index in [0.29, 0.717) is 5.19 Å². The van der Waals surface area contributed by atoms with Gasteiger partial charge < -0.3 is 10.1 Å². The standard InChI is InChI=1S/C12H14BrN3OS/c1-2-7-14-8-11-15-16-12(18-11)17-10-6-4-3-5-9(10)13/h3-6,14H,2,7-8H2,1H3. The van der Waals surface area contributed by atoms with Crippen molar-refractivity contribution in [3.05, 3.63) is 33.7 Å². The largest absolute Gasteiger partial charge is 0.429 e. The Morgan fingerprint density at radius 3 is 2.94 bits per heavy atom. The Balaban J connectivity index is 1.96. The fourth-order valence-electron chi connectivity index (χ4n) is 1.34. The molecule has 0 aliphatic heterocycles. The Morgan fingerprint density at radius 2 is 2.17 bits per heavy atom. The van der Waals surface area contributed by atoms with Crippen LogP contribution in [0.3, 0.4) is 0 Å². The fourth-order valence-corrected chi connectivity index (χ4v) is 2.38. The van der Waals surface area contributed by atoms with Crippen molar-refractivity contribution in [2.24, 2.45) is 0 Å². The minimum Gasteiger partial charge on any atom is -0.429 e. The molecule has 1 aromatic heterocycles. The van der Waals surface area contributed by atoms with E-state index in [1.807, 2.05) is 24.3 Å². The molecule has 0 atom stereocenters. The van der Waals surface area contributed by atoms with Gasteiger partial charge in [-0.1, -0.05) is 35.5 Å². The summed E-state index contributed by atoms with van der Waals surface area (Å²) in [6.45, 7) is 3.86. The summed E-state index contributed by atoms with van der Waals surface area (Å²) < 4.78 is 6.57. The number of aromatic nitrogens is 2. The molecule has 0 saturated heterocycles. The average molecular weight is 328 g/mol. The van der Waals surface area contributed by atoms with Gasteiger partial charge in [0.1, 0.15) is 10.8 Å². The van der Waals surface area contributed by atoms with Crippen molar-refractivity contribution in [2.45, 2.75) is 19.9 Å². The summed E-state index contributed by atoms with van der Waals surface area (Å²) in [4.78, 5) is 0. The first-order valence-corrected chi connectivity index (χ1v) is 7.36.